The highest BCUT2D eigenvalue weighted by molar-refractivity contribution is 6.33. The molecule has 0 saturated heterocycles. The predicted molar refractivity (Wildman–Crippen MR) is 82.2 cm³/mol. The van der Waals surface area contributed by atoms with Gasteiger partial charge in [-0.2, -0.15) is 5.21 Å². The third kappa shape index (κ3) is 2.37. The number of ketones is 1. The number of tetrazole rings is 1. The molecule has 2 fully saturated rings. The van der Waals surface area contributed by atoms with E-state index in [4.69, 9.17) is 11.6 Å². The van der Waals surface area contributed by atoms with E-state index in [-0.39, 0.29) is 17.6 Å². The first kappa shape index (κ1) is 13.7. The Hall–Kier alpha value is -1.95. The van der Waals surface area contributed by atoms with Gasteiger partial charge in [-0.1, -0.05) is 16.8 Å². The summed E-state index contributed by atoms with van der Waals surface area (Å²) in [5, 5.41) is 14.5. The molecule has 7 heteroatoms. The van der Waals surface area contributed by atoms with E-state index in [1.807, 2.05) is 19.2 Å². The molecule has 0 bridgehead atoms. The highest BCUT2D eigenvalue weighted by Crippen LogP contribution is 2.48. The van der Waals surface area contributed by atoms with Crippen molar-refractivity contribution in [1.82, 2.24) is 20.6 Å². The maximum Gasteiger partial charge on any atom is 0.178 e. The van der Waals surface area contributed by atoms with E-state index in [0.29, 0.717) is 22.5 Å². The average Bonchev–Trinajstić information content (AvgIpc) is 3.45. The number of nitrogens with zero attached hydrogens (tertiary/aromatic N) is 4. The maximum absolute atomic E-state index is 12.5. The molecule has 1 heterocycles. The number of rotatable bonds is 5. The van der Waals surface area contributed by atoms with Gasteiger partial charge in [-0.15, -0.1) is 10.2 Å². The van der Waals surface area contributed by atoms with Gasteiger partial charge in [-0.05, 0) is 37.5 Å². The lowest BCUT2D eigenvalue weighted by atomic mass is 10.0. The second kappa shape index (κ2) is 5.05. The lowest BCUT2D eigenvalue weighted by Crippen LogP contribution is -2.19. The standard InChI is InChI=1S/C15H16ClN5O/c1-21(9-3-4-9)13-5-2-8(6-12(13)16)14(22)10-7-11(10)15-17-19-20-18-15/h2,5-6,9-11H,3-4,7H2,1H3,(H,17,18,19,20)/t10-,11-/m0/s1. The van der Waals surface area contributed by atoms with Crippen molar-refractivity contribution in [2.24, 2.45) is 5.92 Å². The Morgan fingerprint density at radius 1 is 1.41 bits per heavy atom. The molecule has 0 radical (unpaired) electrons. The third-order valence-corrected chi connectivity index (χ3v) is 4.83. The number of nitrogens with one attached hydrogen (secondary N) is 1. The molecule has 2 saturated carbocycles. The number of H-pyrrole nitrogens is 1. The predicted octanol–water partition coefficient (Wildman–Crippen LogP) is 2.44. The molecule has 2 aliphatic carbocycles. The normalized spacial score (nSPS) is 23.4. The van der Waals surface area contributed by atoms with Gasteiger partial charge in [-0.3, -0.25) is 4.79 Å². The molecule has 1 aromatic heterocycles. The zero-order valence-electron chi connectivity index (χ0n) is 12.2. The molecular formula is C15H16ClN5O. The maximum atomic E-state index is 12.5. The van der Waals surface area contributed by atoms with Crippen LogP contribution < -0.4 is 4.90 Å². The van der Waals surface area contributed by atoms with Crippen LogP contribution in [0.2, 0.25) is 5.02 Å². The fourth-order valence-electron chi connectivity index (χ4n) is 2.92. The van der Waals surface area contributed by atoms with Gasteiger partial charge in [0.2, 0.25) is 0 Å². The molecule has 0 aliphatic heterocycles. The van der Waals surface area contributed by atoms with E-state index < -0.39 is 0 Å². The first-order valence-corrected chi connectivity index (χ1v) is 7.83. The molecular weight excluding hydrogens is 302 g/mol. The minimum Gasteiger partial charge on any atom is -0.370 e. The summed E-state index contributed by atoms with van der Waals surface area (Å²) in [7, 11) is 2.05. The van der Waals surface area contributed by atoms with Crippen molar-refractivity contribution in [2.75, 3.05) is 11.9 Å². The van der Waals surface area contributed by atoms with Crippen molar-refractivity contribution < 1.29 is 4.79 Å². The number of carbonyl (C=O) groups is 1. The van der Waals surface area contributed by atoms with Crippen LogP contribution in [0, 0.1) is 5.92 Å². The van der Waals surface area contributed by atoms with Gasteiger partial charge in [0, 0.05) is 30.5 Å². The van der Waals surface area contributed by atoms with E-state index in [1.54, 1.807) is 6.07 Å². The summed E-state index contributed by atoms with van der Waals surface area (Å²) < 4.78 is 0. The Balaban J connectivity index is 1.51. The van der Waals surface area contributed by atoms with Crippen molar-refractivity contribution in [3.63, 3.8) is 0 Å². The molecule has 1 aromatic carbocycles. The topological polar surface area (TPSA) is 74.8 Å². The van der Waals surface area contributed by atoms with E-state index in [1.165, 1.54) is 12.8 Å². The largest absolute Gasteiger partial charge is 0.370 e. The Morgan fingerprint density at radius 2 is 2.23 bits per heavy atom. The average molecular weight is 318 g/mol. The number of anilines is 1. The van der Waals surface area contributed by atoms with Gasteiger partial charge in [0.25, 0.3) is 0 Å². The van der Waals surface area contributed by atoms with E-state index in [2.05, 4.69) is 25.5 Å². The molecule has 2 aliphatic rings. The zero-order chi connectivity index (χ0) is 15.3. The highest BCUT2D eigenvalue weighted by atomic mass is 35.5. The molecule has 0 spiro atoms. The number of aromatic amines is 1. The van der Waals surface area contributed by atoms with Gasteiger partial charge in [-0.25, -0.2) is 0 Å². The molecule has 1 N–H and O–H groups in total. The Kier molecular flexibility index (Phi) is 3.14. The number of hydrogen-bond acceptors (Lipinski definition) is 5. The number of carbonyl (C=O) groups excluding carboxylic acids is 1. The summed E-state index contributed by atoms with van der Waals surface area (Å²) in [6.07, 6.45) is 3.20. The van der Waals surface area contributed by atoms with Crippen molar-refractivity contribution in [3.8, 4) is 0 Å². The summed E-state index contributed by atoms with van der Waals surface area (Å²) in [5.74, 6) is 0.756. The van der Waals surface area contributed by atoms with Crippen molar-refractivity contribution in [3.05, 3.63) is 34.6 Å². The van der Waals surface area contributed by atoms with Gasteiger partial charge < -0.3 is 4.90 Å². The molecule has 2 aromatic rings. The van der Waals surface area contributed by atoms with Gasteiger partial charge in [0.15, 0.2) is 11.6 Å². The SMILES string of the molecule is CN(c1ccc(C(=O)[C@H]2C[C@@H]2c2nn[nH]n2)cc1Cl)C1CC1. The molecule has 0 unspecified atom stereocenters. The molecule has 0 amide bonds. The number of hydrogen-bond donors (Lipinski definition) is 1. The Bertz CT molecular complexity index is 713. The molecule has 2 atom stereocenters. The minimum absolute atomic E-state index is 0.0549. The first-order valence-electron chi connectivity index (χ1n) is 7.45. The van der Waals surface area contributed by atoms with Gasteiger partial charge in [0.05, 0.1) is 10.7 Å². The van der Waals surface area contributed by atoms with Crippen LogP contribution in [0.3, 0.4) is 0 Å². The van der Waals surface area contributed by atoms with Crippen LogP contribution in [0.1, 0.15) is 41.4 Å². The minimum atomic E-state index is -0.0549. The Labute approximate surface area is 132 Å². The van der Waals surface area contributed by atoms with E-state index in [9.17, 15) is 4.79 Å². The fourth-order valence-corrected chi connectivity index (χ4v) is 3.23. The van der Waals surface area contributed by atoms with E-state index >= 15 is 0 Å². The van der Waals surface area contributed by atoms with Crippen LogP contribution in [0.4, 0.5) is 5.69 Å². The third-order valence-electron chi connectivity index (χ3n) is 4.53. The monoisotopic (exact) mass is 317 g/mol. The second-order valence-electron chi connectivity index (χ2n) is 6.09. The quantitative estimate of drug-likeness (QED) is 0.857. The molecule has 4 rings (SSSR count). The summed E-state index contributed by atoms with van der Waals surface area (Å²) in [5.41, 5.74) is 1.65. The van der Waals surface area contributed by atoms with Crippen LogP contribution in [0.25, 0.3) is 0 Å². The summed E-state index contributed by atoms with van der Waals surface area (Å²) >= 11 is 6.37. The van der Waals surface area contributed by atoms with Gasteiger partial charge >= 0.3 is 0 Å². The summed E-state index contributed by atoms with van der Waals surface area (Å²) in [4.78, 5) is 14.7. The smallest absolute Gasteiger partial charge is 0.178 e. The lowest BCUT2D eigenvalue weighted by molar-refractivity contribution is 0.0965. The van der Waals surface area contributed by atoms with Crippen LogP contribution >= 0.6 is 11.6 Å². The number of benzene rings is 1. The molecule has 6 nitrogen and oxygen atoms in total. The van der Waals surface area contributed by atoms with Crippen molar-refractivity contribution >= 4 is 23.1 Å². The van der Waals surface area contributed by atoms with Crippen molar-refractivity contribution in [1.29, 1.82) is 0 Å². The molecule has 22 heavy (non-hydrogen) atoms. The van der Waals surface area contributed by atoms with Crippen molar-refractivity contribution in [2.45, 2.75) is 31.2 Å². The van der Waals surface area contributed by atoms with Crippen LogP contribution in [-0.4, -0.2) is 39.5 Å². The van der Waals surface area contributed by atoms with Crippen LogP contribution in [0.5, 0.6) is 0 Å². The fraction of sp³-hybridized carbons (Fsp3) is 0.467. The second-order valence-corrected chi connectivity index (χ2v) is 6.50. The van der Waals surface area contributed by atoms with Gasteiger partial charge in [0.1, 0.15) is 0 Å². The highest BCUT2D eigenvalue weighted by Gasteiger charge is 2.46. The first-order chi connectivity index (χ1) is 10.6. The lowest BCUT2D eigenvalue weighted by Gasteiger charge is -2.20. The molecule has 114 valence electrons. The van der Waals surface area contributed by atoms with E-state index in [0.717, 1.165) is 12.1 Å². The zero-order valence-corrected chi connectivity index (χ0v) is 12.9. The number of Topliss-reactive ketones (excluding diaryl/α,β-unsaturated/α-hetero) is 1. The Morgan fingerprint density at radius 3 is 2.86 bits per heavy atom. The van der Waals surface area contributed by atoms with Crippen LogP contribution in [-0.2, 0) is 0 Å². The van der Waals surface area contributed by atoms with Crippen LogP contribution in [0.15, 0.2) is 18.2 Å². The number of halogens is 1. The summed E-state index contributed by atoms with van der Waals surface area (Å²) in [6, 6.07) is 6.18. The summed E-state index contributed by atoms with van der Waals surface area (Å²) in [6.45, 7) is 0. The number of aromatic nitrogens is 4.